The average Bonchev–Trinajstić information content (AvgIpc) is 2.65. The molecule has 1 aromatic heterocycles. The number of hydrogen-bond donors (Lipinski definition) is 2. The van der Waals surface area contributed by atoms with Crippen molar-refractivity contribution in [3.63, 3.8) is 0 Å². The van der Waals surface area contributed by atoms with Crippen molar-refractivity contribution in [1.82, 2.24) is 10.3 Å². The SMILES string of the molecule is COCCNc1nonc1C(N)=NI. The Kier molecular flexibility index (Phi) is 4.59. The summed E-state index contributed by atoms with van der Waals surface area (Å²) >= 11 is 1.78. The second-order valence-electron chi connectivity index (χ2n) is 2.35. The van der Waals surface area contributed by atoms with Gasteiger partial charge >= 0.3 is 0 Å². The van der Waals surface area contributed by atoms with Gasteiger partial charge in [-0.1, -0.05) is 0 Å². The molecule has 8 heteroatoms. The van der Waals surface area contributed by atoms with E-state index >= 15 is 0 Å². The summed E-state index contributed by atoms with van der Waals surface area (Å²) in [4.78, 5) is 0. The number of amidine groups is 1. The molecule has 0 saturated heterocycles. The van der Waals surface area contributed by atoms with Gasteiger partial charge < -0.3 is 15.8 Å². The van der Waals surface area contributed by atoms with Crippen LogP contribution in [-0.4, -0.2) is 36.4 Å². The number of aromatic nitrogens is 2. The topological polar surface area (TPSA) is 98.6 Å². The zero-order valence-corrected chi connectivity index (χ0v) is 9.69. The van der Waals surface area contributed by atoms with Gasteiger partial charge in [-0.25, -0.2) is 4.63 Å². The summed E-state index contributed by atoms with van der Waals surface area (Å²) in [6.07, 6.45) is 0. The molecule has 78 valence electrons. The lowest BCUT2D eigenvalue weighted by Crippen LogP contribution is -2.16. The van der Waals surface area contributed by atoms with E-state index in [9.17, 15) is 0 Å². The van der Waals surface area contributed by atoms with Gasteiger partial charge in [0.2, 0.25) is 5.82 Å². The number of nitrogens with two attached hydrogens (primary N) is 1. The zero-order valence-electron chi connectivity index (χ0n) is 7.53. The minimum absolute atomic E-state index is 0.270. The summed E-state index contributed by atoms with van der Waals surface area (Å²) in [5, 5.41) is 10.2. The van der Waals surface area contributed by atoms with Crippen molar-refractivity contribution < 1.29 is 9.37 Å². The predicted molar refractivity (Wildman–Crippen MR) is 59.4 cm³/mol. The maximum absolute atomic E-state index is 5.55. The molecule has 1 rings (SSSR count). The molecule has 7 nitrogen and oxygen atoms in total. The summed E-state index contributed by atoms with van der Waals surface area (Å²) in [7, 11) is 1.62. The van der Waals surface area contributed by atoms with Crippen LogP contribution in [0, 0.1) is 0 Å². The number of hydrogen-bond acceptors (Lipinski definition) is 6. The highest BCUT2D eigenvalue weighted by molar-refractivity contribution is 14.1. The Morgan fingerprint density at radius 3 is 3.14 bits per heavy atom. The molecule has 0 bridgehead atoms. The number of methoxy groups -OCH3 is 1. The molecule has 0 aliphatic heterocycles. The van der Waals surface area contributed by atoms with Crippen molar-refractivity contribution in [2.75, 3.05) is 25.6 Å². The van der Waals surface area contributed by atoms with Crippen LogP contribution in [0.15, 0.2) is 7.83 Å². The molecule has 0 aromatic carbocycles. The molecule has 0 atom stereocenters. The van der Waals surface area contributed by atoms with Gasteiger partial charge in [0.15, 0.2) is 11.5 Å². The third-order valence-corrected chi connectivity index (χ3v) is 1.94. The van der Waals surface area contributed by atoms with E-state index in [1.165, 1.54) is 0 Å². The lowest BCUT2D eigenvalue weighted by molar-refractivity contribution is 0.210. The number of rotatable bonds is 5. The van der Waals surface area contributed by atoms with Gasteiger partial charge in [0.25, 0.3) is 0 Å². The van der Waals surface area contributed by atoms with E-state index in [0.717, 1.165) is 0 Å². The van der Waals surface area contributed by atoms with Crippen molar-refractivity contribution in [2.24, 2.45) is 8.94 Å². The van der Waals surface area contributed by atoms with Gasteiger partial charge in [-0.15, -0.1) is 0 Å². The number of nitrogens with zero attached hydrogens (tertiary/aromatic N) is 3. The first-order valence-electron chi connectivity index (χ1n) is 3.79. The second-order valence-corrected chi connectivity index (χ2v) is 2.83. The second kappa shape index (κ2) is 5.75. The first kappa shape index (κ1) is 11.2. The highest BCUT2D eigenvalue weighted by Gasteiger charge is 2.12. The first-order chi connectivity index (χ1) is 6.79. The van der Waals surface area contributed by atoms with Gasteiger partial charge in [-0.05, 0) is 10.3 Å². The van der Waals surface area contributed by atoms with E-state index in [2.05, 4.69) is 23.5 Å². The molecular weight excluding hydrogens is 301 g/mol. The van der Waals surface area contributed by atoms with E-state index in [4.69, 9.17) is 10.5 Å². The molecule has 0 fully saturated rings. The van der Waals surface area contributed by atoms with Crippen molar-refractivity contribution in [1.29, 1.82) is 0 Å². The van der Waals surface area contributed by atoms with Gasteiger partial charge in [0, 0.05) is 13.7 Å². The highest BCUT2D eigenvalue weighted by Crippen LogP contribution is 2.09. The highest BCUT2D eigenvalue weighted by atomic mass is 127. The smallest absolute Gasteiger partial charge is 0.202 e. The molecule has 0 unspecified atom stereocenters. The first-order valence-corrected chi connectivity index (χ1v) is 4.76. The van der Waals surface area contributed by atoms with E-state index in [-0.39, 0.29) is 5.84 Å². The number of ether oxygens (including phenoxy) is 1. The Morgan fingerprint density at radius 1 is 1.71 bits per heavy atom. The quantitative estimate of drug-likeness (QED) is 0.348. The minimum Gasteiger partial charge on any atom is -0.383 e. The van der Waals surface area contributed by atoms with Crippen LogP contribution in [0.25, 0.3) is 0 Å². The molecule has 3 N–H and O–H groups in total. The van der Waals surface area contributed by atoms with Crippen LogP contribution in [0.2, 0.25) is 0 Å². The number of halogens is 1. The van der Waals surface area contributed by atoms with E-state index in [0.29, 0.717) is 24.7 Å². The van der Waals surface area contributed by atoms with E-state index in [1.54, 1.807) is 30.0 Å². The Bertz CT molecular complexity index is 313. The molecule has 0 spiro atoms. The Balaban J connectivity index is 2.63. The molecule has 0 aliphatic rings. The third-order valence-electron chi connectivity index (χ3n) is 1.42. The normalized spacial score (nSPS) is 11.7. The predicted octanol–water partition coefficient (Wildman–Crippen LogP) is 0.183. The summed E-state index contributed by atoms with van der Waals surface area (Å²) in [6.45, 7) is 1.17. The van der Waals surface area contributed by atoms with Crippen LogP contribution in [0.4, 0.5) is 5.82 Å². The molecule has 0 saturated carbocycles. The van der Waals surface area contributed by atoms with E-state index < -0.39 is 0 Å². The van der Waals surface area contributed by atoms with Gasteiger partial charge in [0.05, 0.1) is 29.5 Å². The summed E-state index contributed by atoms with van der Waals surface area (Å²) in [5.41, 5.74) is 5.97. The standard InChI is InChI=1S/C6H10IN5O2/c1-13-3-2-9-6-4(5(8)10-7)11-14-12-6/h2-3H2,1H3,(H2,8,10)(H,9,12). The lowest BCUT2D eigenvalue weighted by Gasteiger charge is -2.01. The molecule has 1 heterocycles. The monoisotopic (exact) mass is 311 g/mol. The molecule has 0 radical (unpaired) electrons. The number of nitrogens with one attached hydrogen (secondary N) is 1. The summed E-state index contributed by atoms with van der Waals surface area (Å²) in [6, 6.07) is 0. The van der Waals surface area contributed by atoms with Gasteiger partial charge in [0.1, 0.15) is 0 Å². The van der Waals surface area contributed by atoms with Gasteiger partial charge in [-0.3, -0.25) is 0 Å². The fraction of sp³-hybridized carbons (Fsp3) is 0.500. The summed E-state index contributed by atoms with van der Waals surface area (Å²) in [5.74, 6) is 0.742. The third kappa shape index (κ3) is 2.80. The molecule has 1 aromatic rings. The largest absolute Gasteiger partial charge is 0.383 e. The molecule has 0 aliphatic carbocycles. The van der Waals surface area contributed by atoms with Crippen LogP contribution < -0.4 is 11.1 Å². The lowest BCUT2D eigenvalue weighted by atomic mass is 10.4. The van der Waals surface area contributed by atoms with Crippen LogP contribution in [0.5, 0.6) is 0 Å². The molecule has 0 amide bonds. The van der Waals surface area contributed by atoms with Crippen molar-refractivity contribution >= 4 is 34.5 Å². The Labute approximate surface area is 94.5 Å². The van der Waals surface area contributed by atoms with Crippen LogP contribution >= 0.6 is 22.9 Å². The van der Waals surface area contributed by atoms with Crippen molar-refractivity contribution in [3.8, 4) is 0 Å². The Hall–Kier alpha value is -0.900. The fourth-order valence-electron chi connectivity index (χ4n) is 0.784. The summed E-state index contributed by atoms with van der Waals surface area (Å²) < 4.78 is 13.1. The van der Waals surface area contributed by atoms with Crippen LogP contribution in [0.1, 0.15) is 5.69 Å². The van der Waals surface area contributed by atoms with Crippen molar-refractivity contribution in [2.45, 2.75) is 0 Å². The number of anilines is 1. The maximum atomic E-state index is 5.55. The molecule has 14 heavy (non-hydrogen) atoms. The molecular formula is C6H10IN5O2. The average molecular weight is 311 g/mol. The fourth-order valence-corrected chi connectivity index (χ4v) is 1.01. The van der Waals surface area contributed by atoms with Crippen molar-refractivity contribution in [3.05, 3.63) is 5.69 Å². The van der Waals surface area contributed by atoms with Crippen LogP contribution in [0.3, 0.4) is 0 Å². The minimum atomic E-state index is 0.270. The Morgan fingerprint density at radius 2 is 2.50 bits per heavy atom. The van der Waals surface area contributed by atoms with Gasteiger partial charge in [-0.2, -0.15) is 3.21 Å². The zero-order chi connectivity index (χ0) is 10.4. The van der Waals surface area contributed by atoms with E-state index in [1.807, 2.05) is 0 Å². The van der Waals surface area contributed by atoms with Crippen LogP contribution in [-0.2, 0) is 4.74 Å². The maximum Gasteiger partial charge on any atom is 0.202 e.